The summed E-state index contributed by atoms with van der Waals surface area (Å²) in [6, 6.07) is 3.47. The van der Waals surface area contributed by atoms with Crippen LogP contribution in [-0.4, -0.2) is 22.2 Å². The van der Waals surface area contributed by atoms with Crippen molar-refractivity contribution in [2.75, 3.05) is 0 Å². The molecule has 0 aliphatic heterocycles. The van der Waals surface area contributed by atoms with E-state index in [1.165, 1.54) is 11.3 Å². The minimum absolute atomic E-state index is 0.116. The van der Waals surface area contributed by atoms with E-state index in [0.717, 1.165) is 0 Å². The molecule has 0 radical (unpaired) electrons. The molecule has 0 saturated carbocycles. The van der Waals surface area contributed by atoms with E-state index in [-0.39, 0.29) is 12.8 Å². The van der Waals surface area contributed by atoms with E-state index in [4.69, 9.17) is 10.2 Å². The summed E-state index contributed by atoms with van der Waals surface area (Å²) in [5.41, 5.74) is 0. The summed E-state index contributed by atoms with van der Waals surface area (Å²) >= 11 is 1.34. The first-order valence-electron chi connectivity index (χ1n) is 4.09. The predicted octanol–water partition coefficient (Wildman–Crippen LogP) is 1.78. The lowest BCUT2D eigenvalue weighted by Gasteiger charge is -2.07. The van der Waals surface area contributed by atoms with Crippen LogP contribution in [0.5, 0.6) is 0 Å². The monoisotopic (exact) mass is 214 g/mol. The van der Waals surface area contributed by atoms with Crippen LogP contribution in [0.2, 0.25) is 0 Å². The van der Waals surface area contributed by atoms with Gasteiger partial charge in [-0.2, -0.15) is 0 Å². The van der Waals surface area contributed by atoms with Gasteiger partial charge >= 0.3 is 11.9 Å². The van der Waals surface area contributed by atoms with Crippen molar-refractivity contribution in [3.05, 3.63) is 22.4 Å². The second-order valence-corrected chi connectivity index (χ2v) is 3.82. The lowest BCUT2D eigenvalue weighted by Crippen LogP contribution is -2.12. The molecule has 1 aromatic rings. The Kier molecular flexibility index (Phi) is 3.64. The molecule has 0 fully saturated rings. The molecule has 0 amide bonds. The third kappa shape index (κ3) is 2.85. The summed E-state index contributed by atoms with van der Waals surface area (Å²) < 4.78 is 0. The van der Waals surface area contributed by atoms with Gasteiger partial charge in [-0.1, -0.05) is 6.07 Å². The molecule has 0 spiro atoms. The summed E-state index contributed by atoms with van der Waals surface area (Å²) in [7, 11) is 0. The van der Waals surface area contributed by atoms with Crippen LogP contribution in [0.3, 0.4) is 0 Å². The molecule has 4 nitrogen and oxygen atoms in total. The van der Waals surface area contributed by atoms with Crippen LogP contribution in [0.15, 0.2) is 17.5 Å². The smallest absolute Gasteiger partial charge is 0.311 e. The second kappa shape index (κ2) is 4.76. The zero-order valence-corrected chi connectivity index (χ0v) is 8.16. The number of thiophene rings is 1. The van der Waals surface area contributed by atoms with E-state index in [2.05, 4.69) is 0 Å². The molecule has 76 valence electrons. The SMILES string of the molecule is O=C(O)CCC(C(=O)O)c1cccs1. The van der Waals surface area contributed by atoms with Crippen molar-refractivity contribution >= 4 is 23.3 Å². The van der Waals surface area contributed by atoms with E-state index in [1.807, 2.05) is 0 Å². The Bertz CT molecular complexity index is 318. The molecule has 1 unspecified atom stereocenters. The van der Waals surface area contributed by atoms with E-state index >= 15 is 0 Å². The molecule has 1 aromatic heterocycles. The number of carboxylic acid groups (broad SMARTS) is 2. The first-order valence-corrected chi connectivity index (χ1v) is 4.97. The minimum atomic E-state index is -0.965. The third-order valence-corrected chi connectivity index (χ3v) is 2.82. The van der Waals surface area contributed by atoms with Crippen molar-refractivity contribution in [1.29, 1.82) is 0 Å². The first kappa shape index (κ1) is 10.7. The number of rotatable bonds is 5. The van der Waals surface area contributed by atoms with Crippen LogP contribution in [0.1, 0.15) is 23.6 Å². The summed E-state index contributed by atoms with van der Waals surface area (Å²) in [6.45, 7) is 0. The van der Waals surface area contributed by atoms with Gasteiger partial charge in [0.2, 0.25) is 0 Å². The molecule has 14 heavy (non-hydrogen) atoms. The van der Waals surface area contributed by atoms with Gasteiger partial charge in [0.05, 0.1) is 5.92 Å². The molecular weight excluding hydrogens is 204 g/mol. The van der Waals surface area contributed by atoms with Gasteiger partial charge in [-0.25, -0.2) is 0 Å². The lowest BCUT2D eigenvalue weighted by molar-refractivity contribution is -0.140. The lowest BCUT2D eigenvalue weighted by atomic mass is 10.0. The highest BCUT2D eigenvalue weighted by atomic mass is 32.1. The van der Waals surface area contributed by atoms with E-state index in [1.54, 1.807) is 17.5 Å². The number of carbonyl (C=O) groups is 2. The van der Waals surface area contributed by atoms with Gasteiger partial charge in [-0.15, -0.1) is 11.3 Å². The highest BCUT2D eigenvalue weighted by Gasteiger charge is 2.21. The molecule has 0 bridgehead atoms. The highest BCUT2D eigenvalue weighted by Crippen LogP contribution is 2.25. The molecule has 0 aliphatic carbocycles. The number of aliphatic carboxylic acids is 2. The molecule has 1 rings (SSSR count). The zero-order valence-electron chi connectivity index (χ0n) is 7.34. The third-order valence-electron chi connectivity index (χ3n) is 1.83. The van der Waals surface area contributed by atoms with Crippen molar-refractivity contribution in [1.82, 2.24) is 0 Å². The van der Waals surface area contributed by atoms with Crippen LogP contribution in [0.25, 0.3) is 0 Å². The van der Waals surface area contributed by atoms with Gasteiger partial charge in [0.25, 0.3) is 0 Å². The summed E-state index contributed by atoms with van der Waals surface area (Å²) in [5, 5.41) is 19.1. The van der Waals surface area contributed by atoms with Crippen LogP contribution in [0.4, 0.5) is 0 Å². The van der Waals surface area contributed by atoms with Crippen molar-refractivity contribution in [3.8, 4) is 0 Å². The Labute approximate surface area is 84.8 Å². The van der Waals surface area contributed by atoms with Crippen molar-refractivity contribution < 1.29 is 19.8 Å². The van der Waals surface area contributed by atoms with E-state index in [9.17, 15) is 9.59 Å². The maximum atomic E-state index is 10.8. The Hall–Kier alpha value is -1.36. The molecular formula is C9H10O4S. The van der Waals surface area contributed by atoms with Gasteiger partial charge < -0.3 is 10.2 Å². The average molecular weight is 214 g/mol. The Morgan fingerprint density at radius 1 is 1.43 bits per heavy atom. The zero-order chi connectivity index (χ0) is 10.6. The Balaban J connectivity index is 2.66. The fourth-order valence-corrected chi connectivity index (χ4v) is 2.00. The predicted molar refractivity (Wildman–Crippen MR) is 51.6 cm³/mol. The van der Waals surface area contributed by atoms with Gasteiger partial charge in [0.15, 0.2) is 0 Å². The van der Waals surface area contributed by atoms with Crippen LogP contribution >= 0.6 is 11.3 Å². The Morgan fingerprint density at radius 2 is 2.14 bits per heavy atom. The van der Waals surface area contributed by atoms with Gasteiger partial charge in [0, 0.05) is 11.3 Å². The normalized spacial score (nSPS) is 12.3. The molecule has 1 atom stereocenters. The fraction of sp³-hybridized carbons (Fsp3) is 0.333. The highest BCUT2D eigenvalue weighted by molar-refractivity contribution is 7.10. The Morgan fingerprint density at radius 3 is 2.57 bits per heavy atom. The molecule has 2 N–H and O–H groups in total. The molecule has 0 aromatic carbocycles. The average Bonchev–Trinajstić information content (AvgIpc) is 2.56. The fourth-order valence-electron chi connectivity index (χ4n) is 1.14. The number of hydrogen-bond acceptors (Lipinski definition) is 3. The number of carboxylic acids is 2. The second-order valence-electron chi connectivity index (χ2n) is 2.84. The summed E-state index contributed by atoms with van der Waals surface area (Å²) in [4.78, 5) is 21.8. The van der Waals surface area contributed by atoms with E-state index in [0.29, 0.717) is 4.88 Å². The maximum absolute atomic E-state index is 10.8. The quantitative estimate of drug-likeness (QED) is 0.783. The molecule has 0 saturated heterocycles. The molecule has 5 heteroatoms. The van der Waals surface area contributed by atoms with Crippen molar-refractivity contribution in [2.24, 2.45) is 0 Å². The standard InChI is InChI=1S/C9H10O4S/c10-8(11)4-3-6(9(12)13)7-2-1-5-14-7/h1-2,5-6H,3-4H2,(H,10,11)(H,12,13). The molecule has 1 heterocycles. The van der Waals surface area contributed by atoms with Crippen molar-refractivity contribution in [2.45, 2.75) is 18.8 Å². The van der Waals surface area contributed by atoms with Gasteiger partial charge in [-0.05, 0) is 17.9 Å². The van der Waals surface area contributed by atoms with Gasteiger partial charge in [0.1, 0.15) is 0 Å². The minimum Gasteiger partial charge on any atom is -0.481 e. The molecule has 0 aliphatic rings. The first-order chi connectivity index (χ1) is 6.61. The topological polar surface area (TPSA) is 74.6 Å². The van der Waals surface area contributed by atoms with Crippen LogP contribution in [0, 0.1) is 0 Å². The van der Waals surface area contributed by atoms with Crippen molar-refractivity contribution in [3.63, 3.8) is 0 Å². The maximum Gasteiger partial charge on any atom is 0.311 e. The van der Waals surface area contributed by atoms with Crippen LogP contribution in [-0.2, 0) is 9.59 Å². The summed E-state index contributed by atoms with van der Waals surface area (Å²) in [5.74, 6) is -2.62. The largest absolute Gasteiger partial charge is 0.481 e. The van der Waals surface area contributed by atoms with Gasteiger partial charge in [-0.3, -0.25) is 9.59 Å². The van der Waals surface area contributed by atoms with E-state index < -0.39 is 17.9 Å². The summed E-state index contributed by atoms with van der Waals surface area (Å²) in [6.07, 6.45) is 0.0278. The number of hydrogen-bond donors (Lipinski definition) is 2. The van der Waals surface area contributed by atoms with Crippen LogP contribution < -0.4 is 0 Å².